The molecule has 0 saturated carbocycles. The second kappa shape index (κ2) is 3.12. The van der Waals surface area contributed by atoms with Gasteiger partial charge in [0.25, 0.3) is 0 Å². The predicted octanol–water partition coefficient (Wildman–Crippen LogP) is -0.502. The van der Waals surface area contributed by atoms with Crippen LogP contribution in [0.2, 0.25) is 0 Å². The van der Waals surface area contributed by atoms with Crippen LogP contribution in [0.25, 0.3) is 0 Å². The minimum absolute atomic E-state index is 0.168. The Kier molecular flexibility index (Phi) is 2.40. The summed E-state index contributed by atoms with van der Waals surface area (Å²) < 4.78 is 0. The van der Waals surface area contributed by atoms with Gasteiger partial charge in [-0.15, -0.1) is 0 Å². The van der Waals surface area contributed by atoms with Crippen LogP contribution in [0.4, 0.5) is 0 Å². The van der Waals surface area contributed by atoms with Gasteiger partial charge < -0.3 is 14.8 Å². The van der Waals surface area contributed by atoms with Crippen molar-refractivity contribution in [3.8, 4) is 0 Å². The summed E-state index contributed by atoms with van der Waals surface area (Å²) in [5.41, 5.74) is 0. The van der Waals surface area contributed by atoms with E-state index in [1.807, 2.05) is 7.05 Å². The fourth-order valence-corrected chi connectivity index (χ4v) is 1.27. The van der Waals surface area contributed by atoms with Crippen LogP contribution in [-0.4, -0.2) is 42.5 Å². The van der Waals surface area contributed by atoms with Crippen LogP contribution >= 0.6 is 0 Å². The Morgan fingerprint density at radius 3 is 2.90 bits per heavy atom. The number of aliphatic hydroxyl groups excluding tert-OH is 1. The van der Waals surface area contributed by atoms with Gasteiger partial charge in [-0.05, 0) is 13.5 Å². The molecule has 1 saturated heterocycles. The van der Waals surface area contributed by atoms with Crippen molar-refractivity contribution >= 4 is 6.29 Å². The summed E-state index contributed by atoms with van der Waals surface area (Å²) in [5, 5.41) is 9.23. The van der Waals surface area contributed by atoms with E-state index in [9.17, 15) is 9.90 Å². The number of rotatable bonds is 1. The Balaban J connectivity index is 2.45. The monoisotopic (exact) mass is 143 g/mol. The highest BCUT2D eigenvalue weighted by Gasteiger charge is 2.24. The van der Waals surface area contributed by atoms with Gasteiger partial charge in [0.05, 0.1) is 12.0 Å². The first-order valence-corrected chi connectivity index (χ1v) is 3.56. The fourth-order valence-electron chi connectivity index (χ4n) is 1.27. The Bertz CT molecular complexity index is 127. The van der Waals surface area contributed by atoms with E-state index in [0.29, 0.717) is 6.54 Å². The minimum atomic E-state index is -0.409. The van der Waals surface area contributed by atoms with Crippen LogP contribution in [0, 0.1) is 5.92 Å². The molecule has 0 aromatic carbocycles. The van der Waals surface area contributed by atoms with Crippen molar-refractivity contribution in [1.82, 2.24) is 4.90 Å². The van der Waals surface area contributed by atoms with E-state index in [4.69, 9.17) is 0 Å². The molecule has 1 rings (SSSR count). The molecule has 1 N–H and O–H groups in total. The van der Waals surface area contributed by atoms with Crippen LogP contribution < -0.4 is 0 Å². The summed E-state index contributed by atoms with van der Waals surface area (Å²) in [6.07, 6.45) is 1.16. The molecular formula is C7H13NO2. The normalized spacial score (nSPS) is 35.8. The summed E-state index contributed by atoms with van der Waals surface area (Å²) in [6, 6.07) is 0. The van der Waals surface area contributed by atoms with E-state index in [2.05, 4.69) is 4.90 Å². The molecule has 0 spiro atoms. The third-order valence-electron chi connectivity index (χ3n) is 2.00. The topological polar surface area (TPSA) is 40.5 Å². The van der Waals surface area contributed by atoms with Gasteiger partial charge in [-0.1, -0.05) is 0 Å². The van der Waals surface area contributed by atoms with E-state index < -0.39 is 6.10 Å². The van der Waals surface area contributed by atoms with Gasteiger partial charge in [-0.25, -0.2) is 0 Å². The van der Waals surface area contributed by atoms with Crippen LogP contribution in [0.3, 0.4) is 0 Å². The van der Waals surface area contributed by atoms with Gasteiger partial charge in [-0.3, -0.25) is 0 Å². The number of likely N-dealkylation sites (tertiary alicyclic amines) is 1. The van der Waals surface area contributed by atoms with Crippen molar-refractivity contribution in [2.45, 2.75) is 12.5 Å². The van der Waals surface area contributed by atoms with Crippen molar-refractivity contribution in [3.05, 3.63) is 0 Å². The molecule has 1 aliphatic rings. The van der Waals surface area contributed by atoms with Crippen LogP contribution in [0.15, 0.2) is 0 Å². The van der Waals surface area contributed by atoms with E-state index in [0.717, 1.165) is 19.3 Å². The first-order valence-electron chi connectivity index (χ1n) is 3.56. The Hall–Kier alpha value is -0.410. The first kappa shape index (κ1) is 7.69. The van der Waals surface area contributed by atoms with Crippen LogP contribution in [0.1, 0.15) is 6.42 Å². The van der Waals surface area contributed by atoms with Crippen molar-refractivity contribution in [2.75, 3.05) is 20.1 Å². The Labute approximate surface area is 60.6 Å². The minimum Gasteiger partial charge on any atom is -0.392 e. The lowest BCUT2D eigenvalue weighted by molar-refractivity contribution is -0.116. The molecule has 0 aromatic rings. The Morgan fingerprint density at radius 1 is 1.70 bits per heavy atom. The zero-order valence-electron chi connectivity index (χ0n) is 6.16. The molecule has 1 heterocycles. The molecule has 3 heteroatoms. The number of aldehydes is 1. The molecule has 58 valence electrons. The average Bonchev–Trinajstić information content (AvgIpc) is 1.94. The number of hydrogen-bond acceptors (Lipinski definition) is 3. The largest absolute Gasteiger partial charge is 0.392 e. The third-order valence-corrected chi connectivity index (χ3v) is 2.00. The molecule has 1 aliphatic heterocycles. The molecule has 3 nitrogen and oxygen atoms in total. The Morgan fingerprint density at radius 2 is 2.40 bits per heavy atom. The van der Waals surface area contributed by atoms with Gasteiger partial charge >= 0.3 is 0 Å². The molecule has 1 fully saturated rings. The number of piperidine rings is 1. The van der Waals surface area contributed by atoms with Crippen molar-refractivity contribution < 1.29 is 9.90 Å². The van der Waals surface area contributed by atoms with Gasteiger partial charge in [0, 0.05) is 13.1 Å². The SMILES string of the molecule is CN1CCC(O)C(C=O)C1. The standard InChI is InChI=1S/C7H13NO2/c1-8-3-2-7(10)6(4-8)5-9/h5-7,10H,2-4H2,1H3. The van der Waals surface area contributed by atoms with Crippen molar-refractivity contribution in [2.24, 2.45) is 5.92 Å². The highest BCUT2D eigenvalue weighted by Crippen LogP contribution is 2.13. The van der Waals surface area contributed by atoms with Gasteiger partial charge in [-0.2, -0.15) is 0 Å². The number of hydrogen-bond donors (Lipinski definition) is 1. The predicted molar refractivity (Wildman–Crippen MR) is 37.7 cm³/mol. The van der Waals surface area contributed by atoms with Gasteiger partial charge in [0.2, 0.25) is 0 Å². The second-order valence-corrected chi connectivity index (χ2v) is 2.92. The maximum absolute atomic E-state index is 10.3. The molecule has 10 heavy (non-hydrogen) atoms. The summed E-state index contributed by atoms with van der Waals surface area (Å²) in [6.45, 7) is 1.59. The van der Waals surface area contributed by atoms with Crippen molar-refractivity contribution in [1.29, 1.82) is 0 Å². The molecular weight excluding hydrogens is 130 g/mol. The smallest absolute Gasteiger partial charge is 0.126 e. The quantitative estimate of drug-likeness (QED) is 0.503. The lowest BCUT2D eigenvalue weighted by Crippen LogP contribution is -2.41. The van der Waals surface area contributed by atoms with Gasteiger partial charge in [0.1, 0.15) is 6.29 Å². The number of carbonyl (C=O) groups excluding carboxylic acids is 1. The van der Waals surface area contributed by atoms with E-state index in [1.165, 1.54) is 0 Å². The van der Waals surface area contributed by atoms with Crippen LogP contribution in [-0.2, 0) is 4.79 Å². The molecule has 2 unspecified atom stereocenters. The molecule has 0 radical (unpaired) electrons. The summed E-state index contributed by atoms with van der Waals surface area (Å²) in [4.78, 5) is 12.4. The average molecular weight is 143 g/mol. The lowest BCUT2D eigenvalue weighted by Gasteiger charge is -2.30. The highest BCUT2D eigenvalue weighted by atomic mass is 16.3. The molecule has 0 aliphatic carbocycles. The maximum Gasteiger partial charge on any atom is 0.126 e. The molecule has 0 amide bonds. The number of nitrogens with zero attached hydrogens (tertiary/aromatic N) is 1. The number of carbonyl (C=O) groups is 1. The maximum atomic E-state index is 10.3. The van der Waals surface area contributed by atoms with E-state index >= 15 is 0 Å². The second-order valence-electron chi connectivity index (χ2n) is 2.92. The van der Waals surface area contributed by atoms with E-state index in [-0.39, 0.29) is 5.92 Å². The molecule has 0 aromatic heterocycles. The molecule has 0 bridgehead atoms. The fraction of sp³-hybridized carbons (Fsp3) is 0.857. The zero-order chi connectivity index (χ0) is 7.56. The lowest BCUT2D eigenvalue weighted by atomic mass is 9.97. The summed E-state index contributed by atoms with van der Waals surface area (Å²) >= 11 is 0. The van der Waals surface area contributed by atoms with Crippen molar-refractivity contribution in [3.63, 3.8) is 0 Å². The third kappa shape index (κ3) is 1.55. The summed E-state index contributed by atoms with van der Waals surface area (Å²) in [5.74, 6) is -0.168. The number of aliphatic hydroxyl groups is 1. The highest BCUT2D eigenvalue weighted by molar-refractivity contribution is 5.55. The van der Waals surface area contributed by atoms with E-state index in [1.54, 1.807) is 0 Å². The summed E-state index contributed by atoms with van der Waals surface area (Å²) in [7, 11) is 1.96. The van der Waals surface area contributed by atoms with Crippen LogP contribution in [0.5, 0.6) is 0 Å². The first-order chi connectivity index (χ1) is 4.74. The zero-order valence-corrected chi connectivity index (χ0v) is 6.16. The molecule has 2 atom stereocenters. The van der Waals surface area contributed by atoms with Gasteiger partial charge in [0.15, 0.2) is 0 Å².